The molecule has 0 bridgehead atoms. The third-order valence-corrected chi connectivity index (χ3v) is 5.13. The van der Waals surface area contributed by atoms with Gasteiger partial charge in [-0.2, -0.15) is 10.1 Å². The molecule has 0 N–H and O–H groups in total. The first-order valence-corrected chi connectivity index (χ1v) is 9.96. The Morgan fingerprint density at radius 2 is 1.81 bits per heavy atom. The second-order valence-electron chi connectivity index (χ2n) is 7.34. The van der Waals surface area contributed by atoms with Crippen LogP contribution in [0.2, 0.25) is 5.02 Å². The summed E-state index contributed by atoms with van der Waals surface area (Å²) in [5.74, 6) is 0.728. The fraction of sp³-hybridized carbons (Fsp3) is 0.136. The van der Waals surface area contributed by atoms with Gasteiger partial charge in [-0.25, -0.2) is 9.67 Å². The summed E-state index contributed by atoms with van der Waals surface area (Å²) >= 11 is 5.91. The van der Waals surface area contributed by atoms with E-state index >= 15 is 0 Å². The van der Waals surface area contributed by atoms with Crippen LogP contribution in [0.25, 0.3) is 28.2 Å². The molecule has 5 aromatic rings. The average molecular weight is 433 g/mol. The first kappa shape index (κ1) is 19.2. The van der Waals surface area contributed by atoms with Crippen molar-refractivity contribution in [1.29, 1.82) is 0 Å². The van der Waals surface area contributed by atoms with Gasteiger partial charge in [-0.3, -0.25) is 9.36 Å². The number of halogens is 1. The number of aromatic nitrogens is 6. The smallest absolute Gasteiger partial charge is 0.264 e. The van der Waals surface area contributed by atoms with Gasteiger partial charge < -0.3 is 4.52 Å². The van der Waals surface area contributed by atoms with Gasteiger partial charge in [-0.05, 0) is 61.4 Å². The lowest BCUT2D eigenvalue weighted by Crippen LogP contribution is -2.21. The van der Waals surface area contributed by atoms with Gasteiger partial charge in [-0.1, -0.05) is 22.8 Å². The third-order valence-electron chi connectivity index (χ3n) is 4.88. The molecule has 0 saturated carbocycles. The van der Waals surface area contributed by atoms with Crippen molar-refractivity contribution >= 4 is 22.6 Å². The van der Waals surface area contributed by atoms with Crippen molar-refractivity contribution in [3.8, 4) is 17.1 Å². The average Bonchev–Trinajstić information content (AvgIpc) is 3.37. The molecule has 0 radical (unpaired) electrons. The van der Waals surface area contributed by atoms with Crippen molar-refractivity contribution in [2.45, 2.75) is 20.4 Å². The van der Waals surface area contributed by atoms with Crippen molar-refractivity contribution in [3.63, 3.8) is 0 Å². The fourth-order valence-electron chi connectivity index (χ4n) is 3.50. The molecule has 154 valence electrons. The Balaban J connectivity index is 1.47. The molecule has 3 heterocycles. The Morgan fingerprint density at radius 3 is 2.55 bits per heavy atom. The summed E-state index contributed by atoms with van der Waals surface area (Å²) in [5, 5.41) is 9.40. The number of rotatable bonds is 4. The van der Waals surface area contributed by atoms with E-state index in [1.807, 2.05) is 26.0 Å². The monoisotopic (exact) mass is 432 g/mol. The maximum absolute atomic E-state index is 13.0. The summed E-state index contributed by atoms with van der Waals surface area (Å²) in [6, 6.07) is 13.2. The zero-order chi connectivity index (χ0) is 21.5. The van der Waals surface area contributed by atoms with Gasteiger partial charge in [0.2, 0.25) is 0 Å². The van der Waals surface area contributed by atoms with Gasteiger partial charge in [0.25, 0.3) is 11.4 Å². The van der Waals surface area contributed by atoms with Crippen LogP contribution in [0.3, 0.4) is 0 Å². The molecular weight excluding hydrogens is 416 g/mol. The van der Waals surface area contributed by atoms with Crippen LogP contribution in [0, 0.1) is 13.8 Å². The lowest BCUT2D eigenvalue weighted by molar-refractivity contribution is 0.420. The molecule has 2 aromatic carbocycles. The first-order chi connectivity index (χ1) is 15.0. The molecule has 31 heavy (non-hydrogen) atoms. The minimum Gasteiger partial charge on any atom is -0.334 e. The van der Waals surface area contributed by atoms with Crippen LogP contribution in [-0.4, -0.2) is 29.5 Å². The molecule has 8 nitrogen and oxygen atoms in total. The van der Waals surface area contributed by atoms with Gasteiger partial charge in [0.1, 0.15) is 11.7 Å². The molecule has 0 amide bonds. The molecule has 0 atom stereocenters. The van der Waals surface area contributed by atoms with Gasteiger partial charge in [0.05, 0.1) is 18.4 Å². The molecule has 0 saturated heterocycles. The zero-order valence-electron chi connectivity index (χ0n) is 16.8. The summed E-state index contributed by atoms with van der Waals surface area (Å²) in [7, 11) is 0. The molecule has 0 spiro atoms. The SMILES string of the molecule is Cc1cc(C)cc(-n2ncc3c(=O)n(Cc4noc(-c5ccc(Cl)cc5)n4)cnc32)c1. The summed E-state index contributed by atoms with van der Waals surface area (Å²) in [6.45, 7) is 4.17. The minimum atomic E-state index is -0.224. The molecule has 0 aliphatic carbocycles. The van der Waals surface area contributed by atoms with Crippen LogP contribution < -0.4 is 5.56 Å². The summed E-state index contributed by atoms with van der Waals surface area (Å²) < 4.78 is 8.43. The molecule has 3 aromatic heterocycles. The van der Waals surface area contributed by atoms with E-state index in [1.54, 1.807) is 28.9 Å². The number of nitrogens with zero attached hydrogens (tertiary/aromatic N) is 6. The van der Waals surface area contributed by atoms with Crippen molar-refractivity contribution in [2.24, 2.45) is 0 Å². The number of fused-ring (bicyclic) bond motifs is 1. The zero-order valence-corrected chi connectivity index (χ0v) is 17.5. The Kier molecular flexibility index (Phi) is 4.63. The van der Waals surface area contributed by atoms with E-state index in [2.05, 4.69) is 26.3 Å². The van der Waals surface area contributed by atoms with E-state index in [9.17, 15) is 4.79 Å². The normalized spacial score (nSPS) is 11.3. The molecule has 5 rings (SSSR count). The number of aryl methyl sites for hydroxylation is 2. The van der Waals surface area contributed by atoms with Gasteiger partial charge in [0, 0.05) is 10.6 Å². The summed E-state index contributed by atoms with van der Waals surface area (Å²) in [4.78, 5) is 21.8. The van der Waals surface area contributed by atoms with E-state index in [0.717, 1.165) is 22.4 Å². The molecule has 0 aliphatic rings. The maximum Gasteiger partial charge on any atom is 0.264 e. The van der Waals surface area contributed by atoms with E-state index in [1.165, 1.54) is 17.1 Å². The van der Waals surface area contributed by atoms with Crippen LogP contribution in [0.5, 0.6) is 0 Å². The second kappa shape index (κ2) is 7.48. The highest BCUT2D eigenvalue weighted by molar-refractivity contribution is 6.30. The van der Waals surface area contributed by atoms with Crippen molar-refractivity contribution in [2.75, 3.05) is 0 Å². The van der Waals surface area contributed by atoms with E-state index in [4.69, 9.17) is 16.1 Å². The highest BCUT2D eigenvalue weighted by Gasteiger charge is 2.15. The van der Waals surface area contributed by atoms with Gasteiger partial charge in [0.15, 0.2) is 11.5 Å². The first-order valence-electron chi connectivity index (χ1n) is 9.58. The topological polar surface area (TPSA) is 91.6 Å². The molecule has 0 fully saturated rings. The quantitative estimate of drug-likeness (QED) is 0.427. The predicted octanol–water partition coefficient (Wildman–Crippen LogP) is 3.95. The third kappa shape index (κ3) is 3.62. The summed E-state index contributed by atoms with van der Waals surface area (Å²) in [5.41, 5.74) is 4.11. The maximum atomic E-state index is 13.0. The predicted molar refractivity (Wildman–Crippen MR) is 116 cm³/mol. The fourth-order valence-corrected chi connectivity index (χ4v) is 3.63. The van der Waals surface area contributed by atoms with Crippen molar-refractivity contribution < 1.29 is 4.52 Å². The molecule has 0 aliphatic heterocycles. The second-order valence-corrected chi connectivity index (χ2v) is 7.78. The van der Waals surface area contributed by atoms with Gasteiger partial charge in [-0.15, -0.1) is 0 Å². The van der Waals surface area contributed by atoms with Crippen LogP contribution in [0.1, 0.15) is 17.0 Å². The Bertz CT molecular complexity index is 1450. The van der Waals surface area contributed by atoms with E-state index in [0.29, 0.717) is 27.8 Å². The Morgan fingerprint density at radius 1 is 1.06 bits per heavy atom. The number of hydrogen-bond acceptors (Lipinski definition) is 6. The largest absolute Gasteiger partial charge is 0.334 e. The Hall–Kier alpha value is -3.78. The molecule has 0 unspecified atom stereocenters. The van der Waals surface area contributed by atoms with E-state index in [-0.39, 0.29) is 12.1 Å². The lowest BCUT2D eigenvalue weighted by atomic mass is 10.1. The number of hydrogen-bond donors (Lipinski definition) is 0. The van der Waals surface area contributed by atoms with Crippen LogP contribution in [0.15, 0.2) is 64.3 Å². The highest BCUT2D eigenvalue weighted by Crippen LogP contribution is 2.20. The molecular formula is C22H17ClN6O2. The molecule has 9 heteroatoms. The van der Waals surface area contributed by atoms with E-state index < -0.39 is 0 Å². The van der Waals surface area contributed by atoms with Gasteiger partial charge >= 0.3 is 0 Å². The summed E-state index contributed by atoms with van der Waals surface area (Å²) in [6.07, 6.45) is 3.01. The van der Waals surface area contributed by atoms with Crippen molar-refractivity contribution in [3.05, 3.63) is 87.3 Å². The lowest BCUT2D eigenvalue weighted by Gasteiger charge is -2.07. The van der Waals surface area contributed by atoms with Crippen LogP contribution in [-0.2, 0) is 6.54 Å². The standard InChI is InChI=1S/C22H17ClN6O2/c1-13-7-14(2)9-17(8-13)29-20-18(10-25-29)22(30)28(12-24-20)11-19-26-21(31-27-19)15-3-5-16(23)6-4-15/h3-10,12H,11H2,1-2H3. The van der Waals surface area contributed by atoms with Crippen LogP contribution in [0.4, 0.5) is 0 Å². The Labute approximate surface area is 181 Å². The van der Waals surface area contributed by atoms with Crippen molar-refractivity contribution in [1.82, 2.24) is 29.5 Å². The number of benzene rings is 2. The highest BCUT2D eigenvalue weighted by atomic mass is 35.5. The minimum absolute atomic E-state index is 0.133. The van der Waals surface area contributed by atoms with Crippen LogP contribution >= 0.6 is 11.6 Å².